The van der Waals surface area contributed by atoms with E-state index in [-0.39, 0.29) is 12.4 Å². The van der Waals surface area contributed by atoms with Crippen molar-refractivity contribution in [1.82, 2.24) is 9.55 Å². The Morgan fingerprint density at radius 2 is 1.91 bits per heavy atom. The Labute approximate surface area is 187 Å². The molecule has 0 aliphatic carbocycles. The molecule has 0 radical (unpaired) electrons. The van der Waals surface area contributed by atoms with Crippen LogP contribution < -0.4 is 10.9 Å². The molecule has 0 saturated heterocycles. The summed E-state index contributed by atoms with van der Waals surface area (Å²) in [4.78, 5) is 29.9. The van der Waals surface area contributed by atoms with Crippen molar-refractivity contribution in [2.45, 2.75) is 32.7 Å². The first-order valence-electron chi connectivity index (χ1n) is 10.7. The highest BCUT2D eigenvalue weighted by Crippen LogP contribution is 2.19. The van der Waals surface area contributed by atoms with Crippen LogP contribution in [0.1, 0.15) is 30.9 Å². The molecule has 3 rings (SSSR count). The zero-order valence-electron chi connectivity index (χ0n) is 18.1. The maximum absolute atomic E-state index is 13.2. The number of nitriles is 1. The maximum Gasteiger partial charge on any atom is 0.326 e. The molecule has 0 atom stereocenters. The number of ether oxygens (including phenoxy) is 1. The zero-order chi connectivity index (χ0) is 22.8. The summed E-state index contributed by atoms with van der Waals surface area (Å²) in [5.74, 6) is -0.295. The fraction of sp³-hybridized carbons (Fsp3) is 0.280. The van der Waals surface area contributed by atoms with Gasteiger partial charge in [0.25, 0.3) is 5.56 Å². The van der Waals surface area contributed by atoms with Crippen molar-refractivity contribution in [2.24, 2.45) is 0 Å². The molecule has 0 bridgehead atoms. The van der Waals surface area contributed by atoms with E-state index in [1.165, 1.54) is 4.57 Å². The standard InChI is InChI=1S/C25H26N4O3/c1-2-3-15-32-23(30)18-29-22(21-11-9-20(16-26)10-12-21)17-28-24(25(29)31)27-14-13-19-7-5-4-6-8-19/h4-12,17H,2-3,13-15,18H2,1H3,(H,27,28). The molecule has 3 aromatic rings. The molecule has 1 aromatic heterocycles. The molecule has 0 saturated carbocycles. The highest BCUT2D eigenvalue weighted by atomic mass is 16.5. The van der Waals surface area contributed by atoms with E-state index in [1.54, 1.807) is 30.5 Å². The average molecular weight is 431 g/mol. The second-order valence-electron chi connectivity index (χ2n) is 7.31. The monoisotopic (exact) mass is 430 g/mol. The number of nitrogens with zero attached hydrogens (tertiary/aromatic N) is 3. The minimum absolute atomic E-state index is 0.180. The lowest BCUT2D eigenvalue weighted by Crippen LogP contribution is -2.30. The summed E-state index contributed by atoms with van der Waals surface area (Å²) in [6.45, 7) is 2.65. The first kappa shape index (κ1) is 22.8. The van der Waals surface area contributed by atoms with Gasteiger partial charge in [0.2, 0.25) is 0 Å². The fourth-order valence-corrected chi connectivity index (χ4v) is 3.19. The van der Waals surface area contributed by atoms with Crippen LogP contribution in [-0.2, 0) is 22.5 Å². The molecule has 0 fully saturated rings. The number of anilines is 1. The zero-order valence-corrected chi connectivity index (χ0v) is 18.1. The van der Waals surface area contributed by atoms with Gasteiger partial charge in [0.05, 0.1) is 30.1 Å². The maximum atomic E-state index is 13.2. The van der Waals surface area contributed by atoms with Gasteiger partial charge in [-0.1, -0.05) is 55.8 Å². The average Bonchev–Trinajstić information content (AvgIpc) is 2.82. The Morgan fingerprint density at radius 3 is 2.59 bits per heavy atom. The number of nitrogens with one attached hydrogen (secondary N) is 1. The number of aromatic nitrogens is 2. The van der Waals surface area contributed by atoms with Crippen LogP contribution >= 0.6 is 0 Å². The highest BCUT2D eigenvalue weighted by Gasteiger charge is 2.16. The molecule has 32 heavy (non-hydrogen) atoms. The molecule has 164 valence electrons. The van der Waals surface area contributed by atoms with E-state index < -0.39 is 11.5 Å². The van der Waals surface area contributed by atoms with Gasteiger partial charge in [-0.05, 0) is 36.1 Å². The summed E-state index contributed by atoms with van der Waals surface area (Å²) in [6, 6.07) is 18.8. The lowest BCUT2D eigenvalue weighted by molar-refractivity contribution is -0.144. The Kier molecular flexibility index (Phi) is 8.15. The molecule has 7 heteroatoms. The summed E-state index contributed by atoms with van der Waals surface area (Å²) >= 11 is 0. The van der Waals surface area contributed by atoms with Crippen molar-refractivity contribution in [2.75, 3.05) is 18.5 Å². The van der Waals surface area contributed by atoms with E-state index >= 15 is 0 Å². The fourth-order valence-electron chi connectivity index (χ4n) is 3.19. The first-order chi connectivity index (χ1) is 15.6. The number of hydrogen-bond acceptors (Lipinski definition) is 6. The van der Waals surface area contributed by atoms with Crippen molar-refractivity contribution in [1.29, 1.82) is 5.26 Å². The predicted octanol–water partition coefficient (Wildman–Crippen LogP) is 3.78. The summed E-state index contributed by atoms with van der Waals surface area (Å²) < 4.78 is 6.63. The van der Waals surface area contributed by atoms with Gasteiger partial charge in [0.1, 0.15) is 6.54 Å². The van der Waals surface area contributed by atoms with Crippen molar-refractivity contribution >= 4 is 11.8 Å². The Balaban J connectivity index is 1.85. The molecule has 0 aliphatic rings. The van der Waals surface area contributed by atoms with Gasteiger partial charge in [0, 0.05) is 6.54 Å². The second-order valence-corrected chi connectivity index (χ2v) is 7.31. The van der Waals surface area contributed by atoms with Crippen LogP contribution in [0.3, 0.4) is 0 Å². The number of benzene rings is 2. The van der Waals surface area contributed by atoms with Crippen LogP contribution in [0.5, 0.6) is 0 Å². The minimum atomic E-state index is -0.475. The Morgan fingerprint density at radius 1 is 1.16 bits per heavy atom. The third kappa shape index (κ3) is 6.05. The number of carbonyl (C=O) groups excluding carboxylic acids is 1. The van der Waals surface area contributed by atoms with Gasteiger partial charge >= 0.3 is 5.97 Å². The molecular formula is C25H26N4O3. The van der Waals surface area contributed by atoms with Crippen molar-refractivity contribution in [3.63, 3.8) is 0 Å². The van der Waals surface area contributed by atoms with Crippen LogP contribution in [0.25, 0.3) is 11.3 Å². The molecule has 0 amide bonds. The van der Waals surface area contributed by atoms with Gasteiger partial charge < -0.3 is 10.1 Å². The van der Waals surface area contributed by atoms with E-state index in [9.17, 15) is 9.59 Å². The minimum Gasteiger partial charge on any atom is -0.464 e. The van der Waals surface area contributed by atoms with Crippen molar-refractivity contribution in [3.05, 3.63) is 82.3 Å². The lowest BCUT2D eigenvalue weighted by Gasteiger charge is -2.15. The summed E-state index contributed by atoms with van der Waals surface area (Å²) in [7, 11) is 0. The van der Waals surface area contributed by atoms with Crippen LogP contribution in [0.4, 0.5) is 5.82 Å². The molecular weight excluding hydrogens is 404 g/mol. The van der Waals surface area contributed by atoms with E-state index in [0.717, 1.165) is 24.8 Å². The van der Waals surface area contributed by atoms with Gasteiger partial charge in [-0.3, -0.25) is 14.2 Å². The third-order valence-corrected chi connectivity index (χ3v) is 4.96. The van der Waals surface area contributed by atoms with Gasteiger partial charge in [-0.2, -0.15) is 5.26 Å². The highest BCUT2D eigenvalue weighted by molar-refractivity contribution is 5.71. The predicted molar refractivity (Wildman–Crippen MR) is 123 cm³/mol. The third-order valence-electron chi connectivity index (χ3n) is 4.96. The van der Waals surface area contributed by atoms with Crippen molar-refractivity contribution in [3.8, 4) is 17.3 Å². The molecule has 0 spiro atoms. The second kappa shape index (κ2) is 11.5. The van der Waals surface area contributed by atoms with E-state index in [4.69, 9.17) is 10.00 Å². The largest absolute Gasteiger partial charge is 0.464 e. The van der Waals surface area contributed by atoms with E-state index in [1.807, 2.05) is 37.3 Å². The molecule has 1 N–H and O–H groups in total. The summed E-state index contributed by atoms with van der Waals surface area (Å²) in [6.07, 6.45) is 3.98. The quantitative estimate of drug-likeness (QED) is 0.388. The first-order valence-corrected chi connectivity index (χ1v) is 10.7. The number of unbranched alkanes of at least 4 members (excludes halogenated alkanes) is 1. The number of carbonyl (C=O) groups is 1. The van der Waals surface area contributed by atoms with Gasteiger partial charge in [0.15, 0.2) is 5.82 Å². The number of hydrogen-bond donors (Lipinski definition) is 1. The molecule has 2 aromatic carbocycles. The molecule has 0 aliphatic heterocycles. The number of rotatable bonds is 10. The molecule has 0 unspecified atom stereocenters. The summed E-state index contributed by atoms with van der Waals surface area (Å²) in [5, 5.41) is 12.1. The van der Waals surface area contributed by atoms with Crippen molar-refractivity contribution < 1.29 is 9.53 Å². The topological polar surface area (TPSA) is 97.0 Å². The van der Waals surface area contributed by atoms with E-state index in [2.05, 4.69) is 16.4 Å². The Hall–Kier alpha value is -3.92. The SMILES string of the molecule is CCCCOC(=O)Cn1c(-c2ccc(C#N)cc2)cnc(NCCc2ccccc2)c1=O. The van der Waals surface area contributed by atoms with Crippen LogP contribution in [0.15, 0.2) is 65.6 Å². The van der Waals surface area contributed by atoms with Crippen LogP contribution in [-0.4, -0.2) is 28.7 Å². The van der Waals surface area contributed by atoms with E-state index in [0.29, 0.717) is 30.0 Å². The Bertz CT molecular complexity index is 1130. The molecule has 1 heterocycles. The molecule has 7 nitrogen and oxygen atoms in total. The number of esters is 1. The van der Waals surface area contributed by atoms with Gasteiger partial charge in [-0.15, -0.1) is 0 Å². The van der Waals surface area contributed by atoms with Crippen LogP contribution in [0, 0.1) is 11.3 Å². The summed E-state index contributed by atoms with van der Waals surface area (Å²) in [5.41, 5.74) is 2.43. The van der Waals surface area contributed by atoms with Gasteiger partial charge in [-0.25, -0.2) is 4.98 Å². The normalized spacial score (nSPS) is 10.4. The lowest BCUT2D eigenvalue weighted by atomic mass is 10.1. The smallest absolute Gasteiger partial charge is 0.326 e. The van der Waals surface area contributed by atoms with Crippen LogP contribution in [0.2, 0.25) is 0 Å².